The molecule has 1 aliphatic rings. The van der Waals surface area contributed by atoms with Crippen LogP contribution in [-0.2, 0) is 17.6 Å². The second-order valence-electron chi connectivity index (χ2n) is 4.01. The van der Waals surface area contributed by atoms with Gasteiger partial charge in [-0.25, -0.2) is 0 Å². The van der Waals surface area contributed by atoms with E-state index in [0.717, 1.165) is 19.6 Å². The van der Waals surface area contributed by atoms with Gasteiger partial charge in [-0.15, -0.1) is 11.3 Å². The number of aryl methyl sites for hydroxylation is 1. The molecular formula is C12H19NOS. The van der Waals surface area contributed by atoms with Crippen LogP contribution in [-0.4, -0.2) is 20.2 Å². The van der Waals surface area contributed by atoms with Gasteiger partial charge < -0.3 is 10.1 Å². The highest BCUT2D eigenvalue weighted by Crippen LogP contribution is 2.35. The van der Waals surface area contributed by atoms with Gasteiger partial charge in [-0.2, -0.15) is 0 Å². The summed E-state index contributed by atoms with van der Waals surface area (Å²) in [6.45, 7) is 4.05. The van der Waals surface area contributed by atoms with Gasteiger partial charge in [-0.05, 0) is 30.0 Å². The van der Waals surface area contributed by atoms with Crippen molar-refractivity contribution < 1.29 is 4.74 Å². The molecule has 0 saturated carbocycles. The molecule has 0 aliphatic carbocycles. The van der Waals surface area contributed by atoms with Crippen molar-refractivity contribution >= 4 is 11.3 Å². The summed E-state index contributed by atoms with van der Waals surface area (Å²) >= 11 is 1.91. The molecule has 0 bridgehead atoms. The van der Waals surface area contributed by atoms with Crippen LogP contribution in [0.5, 0.6) is 0 Å². The molecule has 2 heterocycles. The van der Waals surface area contributed by atoms with Crippen molar-refractivity contribution in [2.75, 3.05) is 20.2 Å². The van der Waals surface area contributed by atoms with E-state index in [9.17, 15) is 0 Å². The zero-order valence-corrected chi connectivity index (χ0v) is 10.3. The van der Waals surface area contributed by atoms with Gasteiger partial charge in [0.15, 0.2) is 0 Å². The molecule has 1 aromatic rings. The Kier molecular flexibility index (Phi) is 3.78. The lowest BCUT2D eigenvalue weighted by Gasteiger charge is -2.24. The Morgan fingerprint density at radius 2 is 2.47 bits per heavy atom. The van der Waals surface area contributed by atoms with Crippen molar-refractivity contribution in [2.24, 2.45) is 0 Å². The Labute approximate surface area is 95.6 Å². The van der Waals surface area contributed by atoms with E-state index in [4.69, 9.17) is 4.74 Å². The monoisotopic (exact) mass is 225 g/mol. The van der Waals surface area contributed by atoms with Crippen LogP contribution in [0.25, 0.3) is 0 Å². The molecule has 84 valence electrons. The van der Waals surface area contributed by atoms with Gasteiger partial charge in [0, 0.05) is 17.8 Å². The van der Waals surface area contributed by atoms with Crippen LogP contribution >= 0.6 is 11.3 Å². The summed E-state index contributed by atoms with van der Waals surface area (Å²) in [7, 11) is 1.99. The predicted octanol–water partition coefficient (Wildman–Crippen LogP) is 2.53. The maximum absolute atomic E-state index is 5.83. The molecule has 1 aliphatic heterocycles. The lowest BCUT2D eigenvalue weighted by molar-refractivity contribution is 0.0445. The third-order valence-corrected chi connectivity index (χ3v) is 3.98. The van der Waals surface area contributed by atoms with Gasteiger partial charge in [-0.1, -0.05) is 13.3 Å². The minimum absolute atomic E-state index is 0.284. The molecule has 0 radical (unpaired) electrons. The normalized spacial score (nSPS) is 20.3. The summed E-state index contributed by atoms with van der Waals surface area (Å²) in [6.07, 6.45) is 3.79. The van der Waals surface area contributed by atoms with Gasteiger partial charge in [0.2, 0.25) is 0 Å². The Hall–Kier alpha value is -0.380. The second-order valence-corrected chi connectivity index (χ2v) is 4.98. The first kappa shape index (κ1) is 11.1. The molecule has 0 amide bonds. The molecule has 1 atom stereocenters. The maximum Gasteiger partial charge on any atom is 0.0962 e. The van der Waals surface area contributed by atoms with Gasteiger partial charge in [0.25, 0.3) is 0 Å². The fourth-order valence-corrected chi connectivity index (χ4v) is 3.33. The molecule has 2 rings (SSSR count). The molecule has 0 aromatic carbocycles. The summed E-state index contributed by atoms with van der Waals surface area (Å²) < 4.78 is 5.83. The largest absolute Gasteiger partial charge is 0.372 e. The van der Waals surface area contributed by atoms with Crippen molar-refractivity contribution in [3.63, 3.8) is 0 Å². The number of hydrogen-bond donors (Lipinski definition) is 1. The van der Waals surface area contributed by atoms with Crippen molar-refractivity contribution in [3.05, 3.63) is 21.4 Å². The highest BCUT2D eigenvalue weighted by molar-refractivity contribution is 7.10. The molecule has 1 aromatic heterocycles. The number of fused-ring (bicyclic) bond motifs is 1. The van der Waals surface area contributed by atoms with E-state index in [1.54, 1.807) is 4.88 Å². The van der Waals surface area contributed by atoms with Gasteiger partial charge >= 0.3 is 0 Å². The van der Waals surface area contributed by atoms with Crippen molar-refractivity contribution in [2.45, 2.75) is 32.3 Å². The average Bonchev–Trinajstić information content (AvgIpc) is 2.64. The third kappa shape index (κ3) is 2.25. The van der Waals surface area contributed by atoms with Crippen molar-refractivity contribution in [3.8, 4) is 0 Å². The first-order chi connectivity index (χ1) is 7.36. The van der Waals surface area contributed by atoms with Gasteiger partial charge in [-0.3, -0.25) is 0 Å². The van der Waals surface area contributed by atoms with Crippen LogP contribution < -0.4 is 5.32 Å². The molecule has 15 heavy (non-hydrogen) atoms. The molecule has 3 heteroatoms. The number of rotatable bonds is 4. The summed E-state index contributed by atoms with van der Waals surface area (Å²) in [6, 6.07) is 0. The van der Waals surface area contributed by atoms with E-state index in [0.29, 0.717) is 0 Å². The molecule has 1 unspecified atom stereocenters. The van der Waals surface area contributed by atoms with E-state index in [1.165, 1.54) is 24.0 Å². The minimum atomic E-state index is 0.284. The standard InChI is InChI=1S/C12H19NOS/c1-3-4-9-8-15-11-5-6-14-10(7-13-2)12(9)11/h8,10,13H,3-7H2,1-2H3. The van der Waals surface area contributed by atoms with Crippen molar-refractivity contribution in [1.29, 1.82) is 0 Å². The van der Waals surface area contributed by atoms with Crippen LogP contribution in [0, 0.1) is 0 Å². The highest BCUT2D eigenvalue weighted by Gasteiger charge is 2.24. The Morgan fingerprint density at radius 1 is 1.60 bits per heavy atom. The molecule has 0 fully saturated rings. The number of likely N-dealkylation sites (N-methyl/N-ethyl adjacent to an activating group) is 1. The number of nitrogens with one attached hydrogen (secondary N) is 1. The molecule has 0 spiro atoms. The molecule has 0 saturated heterocycles. The van der Waals surface area contributed by atoms with Crippen LogP contribution in [0.1, 0.15) is 35.5 Å². The molecule has 2 nitrogen and oxygen atoms in total. The van der Waals surface area contributed by atoms with E-state index >= 15 is 0 Å². The zero-order valence-electron chi connectivity index (χ0n) is 9.51. The Balaban J connectivity index is 2.25. The smallest absolute Gasteiger partial charge is 0.0962 e. The average molecular weight is 225 g/mol. The van der Waals surface area contributed by atoms with E-state index in [1.807, 2.05) is 18.4 Å². The number of ether oxygens (including phenoxy) is 1. The van der Waals surface area contributed by atoms with E-state index < -0.39 is 0 Å². The van der Waals surface area contributed by atoms with Crippen molar-refractivity contribution in [1.82, 2.24) is 5.32 Å². The predicted molar refractivity (Wildman–Crippen MR) is 64.6 cm³/mol. The van der Waals surface area contributed by atoms with Crippen LogP contribution in [0.3, 0.4) is 0 Å². The maximum atomic E-state index is 5.83. The van der Waals surface area contributed by atoms with Gasteiger partial charge in [0.1, 0.15) is 0 Å². The quantitative estimate of drug-likeness (QED) is 0.850. The van der Waals surface area contributed by atoms with Gasteiger partial charge in [0.05, 0.1) is 12.7 Å². The molecule has 1 N–H and O–H groups in total. The van der Waals surface area contributed by atoms with E-state index in [2.05, 4.69) is 17.6 Å². The first-order valence-electron chi connectivity index (χ1n) is 5.72. The minimum Gasteiger partial charge on any atom is -0.372 e. The summed E-state index contributed by atoms with van der Waals surface area (Å²) in [4.78, 5) is 1.55. The Morgan fingerprint density at radius 3 is 3.20 bits per heavy atom. The SMILES string of the molecule is CCCc1csc2c1C(CNC)OCC2. The first-order valence-corrected chi connectivity index (χ1v) is 6.60. The second kappa shape index (κ2) is 5.10. The lowest BCUT2D eigenvalue weighted by atomic mass is 9.98. The third-order valence-electron chi connectivity index (χ3n) is 2.87. The number of thiophene rings is 1. The zero-order chi connectivity index (χ0) is 10.7. The summed E-state index contributed by atoms with van der Waals surface area (Å²) in [5, 5.41) is 5.54. The fraction of sp³-hybridized carbons (Fsp3) is 0.667. The number of hydrogen-bond acceptors (Lipinski definition) is 3. The highest BCUT2D eigenvalue weighted by atomic mass is 32.1. The Bertz CT molecular complexity index is 321. The fourth-order valence-electron chi connectivity index (χ4n) is 2.21. The summed E-state index contributed by atoms with van der Waals surface area (Å²) in [5.41, 5.74) is 3.00. The van der Waals surface area contributed by atoms with Crippen LogP contribution in [0.4, 0.5) is 0 Å². The summed E-state index contributed by atoms with van der Waals surface area (Å²) in [5.74, 6) is 0. The van der Waals surface area contributed by atoms with Crippen LogP contribution in [0.2, 0.25) is 0 Å². The lowest BCUT2D eigenvalue weighted by Crippen LogP contribution is -2.25. The van der Waals surface area contributed by atoms with E-state index in [-0.39, 0.29) is 6.10 Å². The topological polar surface area (TPSA) is 21.3 Å². The molecular weight excluding hydrogens is 206 g/mol. The van der Waals surface area contributed by atoms with Crippen LogP contribution in [0.15, 0.2) is 5.38 Å².